The minimum atomic E-state index is -0.463. The van der Waals surface area contributed by atoms with E-state index in [0.29, 0.717) is 13.2 Å². The normalized spacial score (nSPS) is 16.6. The van der Waals surface area contributed by atoms with Crippen LogP contribution in [-0.2, 0) is 14.2 Å². The highest BCUT2D eigenvalue weighted by atomic mass is 16.7. The second-order valence-corrected chi connectivity index (χ2v) is 3.04. The first-order valence-corrected chi connectivity index (χ1v) is 4.59. The first-order valence-electron chi connectivity index (χ1n) is 4.59. The summed E-state index contributed by atoms with van der Waals surface area (Å²) in [4.78, 5) is 15.1. The standard InChI is InChI=1S/C10H11NO4/c1-13-9(12)8-6-7(2-3-11-8)10-14-4-5-15-10/h2-3,6,10H,4-5H2,1H3. The Morgan fingerprint density at radius 3 is 2.93 bits per heavy atom. The van der Waals surface area contributed by atoms with Gasteiger partial charge in [0, 0.05) is 11.8 Å². The topological polar surface area (TPSA) is 57.7 Å². The molecule has 0 amide bonds. The Balaban J connectivity index is 2.21. The van der Waals surface area contributed by atoms with Gasteiger partial charge >= 0.3 is 5.97 Å². The van der Waals surface area contributed by atoms with Gasteiger partial charge in [-0.2, -0.15) is 0 Å². The fourth-order valence-corrected chi connectivity index (χ4v) is 1.36. The lowest BCUT2D eigenvalue weighted by Crippen LogP contribution is -2.06. The smallest absolute Gasteiger partial charge is 0.356 e. The van der Waals surface area contributed by atoms with Gasteiger partial charge in [-0.3, -0.25) is 0 Å². The van der Waals surface area contributed by atoms with Crippen molar-refractivity contribution in [3.05, 3.63) is 29.6 Å². The van der Waals surface area contributed by atoms with Crippen molar-refractivity contribution in [1.82, 2.24) is 4.98 Å². The van der Waals surface area contributed by atoms with Crippen LogP contribution in [0.3, 0.4) is 0 Å². The number of carbonyl (C=O) groups excluding carboxylic acids is 1. The maximum atomic E-state index is 11.2. The third-order valence-electron chi connectivity index (χ3n) is 2.07. The number of ether oxygens (including phenoxy) is 3. The Kier molecular flexibility index (Phi) is 2.94. The van der Waals surface area contributed by atoms with Crippen LogP contribution < -0.4 is 0 Å². The highest BCUT2D eigenvalue weighted by Gasteiger charge is 2.19. The maximum Gasteiger partial charge on any atom is 0.356 e. The van der Waals surface area contributed by atoms with Crippen LogP contribution in [0.25, 0.3) is 0 Å². The van der Waals surface area contributed by atoms with Crippen LogP contribution in [0.5, 0.6) is 0 Å². The second-order valence-electron chi connectivity index (χ2n) is 3.04. The van der Waals surface area contributed by atoms with Gasteiger partial charge in [0.25, 0.3) is 0 Å². The molecule has 0 spiro atoms. The molecule has 0 atom stereocenters. The lowest BCUT2D eigenvalue weighted by molar-refractivity contribution is -0.0442. The third-order valence-corrected chi connectivity index (χ3v) is 2.07. The number of rotatable bonds is 2. The van der Waals surface area contributed by atoms with Gasteiger partial charge in [0.15, 0.2) is 6.29 Å². The summed E-state index contributed by atoms with van der Waals surface area (Å²) in [5.41, 5.74) is 1.04. The molecule has 1 aliphatic heterocycles. The van der Waals surface area contributed by atoms with E-state index >= 15 is 0 Å². The van der Waals surface area contributed by atoms with Crippen LogP contribution in [-0.4, -0.2) is 31.3 Å². The molecule has 1 fully saturated rings. The van der Waals surface area contributed by atoms with E-state index in [-0.39, 0.29) is 5.69 Å². The highest BCUT2D eigenvalue weighted by Crippen LogP contribution is 2.23. The summed E-state index contributed by atoms with van der Waals surface area (Å²) in [5.74, 6) is -0.463. The molecule has 1 aliphatic rings. The zero-order chi connectivity index (χ0) is 10.7. The number of methoxy groups -OCH3 is 1. The fraction of sp³-hybridized carbons (Fsp3) is 0.400. The van der Waals surface area contributed by atoms with Gasteiger partial charge in [-0.15, -0.1) is 0 Å². The predicted molar refractivity (Wildman–Crippen MR) is 50.2 cm³/mol. The molecular formula is C10H11NO4. The van der Waals surface area contributed by atoms with Gasteiger partial charge in [-0.1, -0.05) is 0 Å². The summed E-state index contributed by atoms with van der Waals surface area (Å²) in [6, 6.07) is 3.37. The van der Waals surface area contributed by atoms with Crippen molar-refractivity contribution < 1.29 is 19.0 Å². The zero-order valence-electron chi connectivity index (χ0n) is 8.30. The van der Waals surface area contributed by atoms with E-state index in [1.807, 2.05) is 0 Å². The molecule has 0 saturated carbocycles. The van der Waals surface area contributed by atoms with Gasteiger partial charge in [0.05, 0.1) is 20.3 Å². The van der Waals surface area contributed by atoms with Crippen LogP contribution in [0.15, 0.2) is 18.3 Å². The zero-order valence-corrected chi connectivity index (χ0v) is 8.30. The number of hydrogen-bond acceptors (Lipinski definition) is 5. The van der Waals surface area contributed by atoms with Crippen molar-refractivity contribution in [3.63, 3.8) is 0 Å². The largest absolute Gasteiger partial charge is 0.464 e. The predicted octanol–water partition coefficient (Wildman–Crippen LogP) is 0.914. The molecular weight excluding hydrogens is 198 g/mol. The summed E-state index contributed by atoms with van der Waals surface area (Å²) >= 11 is 0. The quantitative estimate of drug-likeness (QED) is 0.678. The molecule has 1 aromatic heterocycles. The molecule has 1 saturated heterocycles. The number of pyridine rings is 1. The van der Waals surface area contributed by atoms with E-state index in [4.69, 9.17) is 9.47 Å². The Morgan fingerprint density at radius 1 is 1.53 bits per heavy atom. The van der Waals surface area contributed by atoms with Crippen molar-refractivity contribution in [2.45, 2.75) is 6.29 Å². The molecule has 2 rings (SSSR count). The monoisotopic (exact) mass is 209 g/mol. The Bertz CT molecular complexity index is 360. The van der Waals surface area contributed by atoms with E-state index in [1.54, 1.807) is 12.1 Å². The summed E-state index contributed by atoms with van der Waals surface area (Å²) in [7, 11) is 1.32. The van der Waals surface area contributed by atoms with Crippen molar-refractivity contribution >= 4 is 5.97 Å². The average molecular weight is 209 g/mol. The Hall–Kier alpha value is -1.46. The summed E-state index contributed by atoms with van der Waals surface area (Å²) in [6.45, 7) is 1.14. The molecule has 0 N–H and O–H groups in total. The van der Waals surface area contributed by atoms with E-state index in [2.05, 4.69) is 9.72 Å². The lowest BCUT2D eigenvalue weighted by Gasteiger charge is -2.09. The van der Waals surface area contributed by atoms with Crippen LogP contribution >= 0.6 is 0 Å². The Morgan fingerprint density at radius 2 is 2.27 bits per heavy atom. The third kappa shape index (κ3) is 2.14. The van der Waals surface area contributed by atoms with E-state index in [1.165, 1.54) is 13.3 Å². The van der Waals surface area contributed by atoms with Crippen LogP contribution in [0.4, 0.5) is 0 Å². The molecule has 1 aromatic rings. The first kappa shape index (κ1) is 10.1. The van der Waals surface area contributed by atoms with Gasteiger partial charge in [0.1, 0.15) is 5.69 Å². The molecule has 0 aromatic carbocycles. The van der Waals surface area contributed by atoms with Crippen LogP contribution in [0, 0.1) is 0 Å². The van der Waals surface area contributed by atoms with Crippen molar-refractivity contribution in [2.24, 2.45) is 0 Å². The molecule has 15 heavy (non-hydrogen) atoms. The minimum Gasteiger partial charge on any atom is -0.464 e. The molecule has 0 bridgehead atoms. The van der Waals surface area contributed by atoms with Crippen molar-refractivity contribution in [2.75, 3.05) is 20.3 Å². The number of carbonyl (C=O) groups is 1. The molecule has 0 unspecified atom stereocenters. The molecule has 5 nitrogen and oxygen atoms in total. The van der Waals surface area contributed by atoms with Gasteiger partial charge < -0.3 is 14.2 Å². The van der Waals surface area contributed by atoms with E-state index in [0.717, 1.165) is 5.56 Å². The van der Waals surface area contributed by atoms with Gasteiger partial charge in [0.2, 0.25) is 0 Å². The van der Waals surface area contributed by atoms with Gasteiger partial charge in [-0.05, 0) is 12.1 Å². The summed E-state index contributed by atoms with van der Waals surface area (Å²) in [5, 5.41) is 0. The maximum absolute atomic E-state index is 11.2. The van der Waals surface area contributed by atoms with Crippen molar-refractivity contribution in [1.29, 1.82) is 0 Å². The average Bonchev–Trinajstić information content (AvgIpc) is 2.82. The number of hydrogen-bond donors (Lipinski definition) is 0. The van der Waals surface area contributed by atoms with Crippen molar-refractivity contribution in [3.8, 4) is 0 Å². The second kappa shape index (κ2) is 4.37. The SMILES string of the molecule is COC(=O)c1cc(C2OCCO2)ccn1. The molecule has 0 aliphatic carbocycles. The highest BCUT2D eigenvalue weighted by molar-refractivity contribution is 5.87. The molecule has 0 radical (unpaired) electrons. The Labute approximate surface area is 87.0 Å². The van der Waals surface area contributed by atoms with Gasteiger partial charge in [-0.25, -0.2) is 9.78 Å². The number of aromatic nitrogens is 1. The number of esters is 1. The first-order chi connectivity index (χ1) is 7.31. The minimum absolute atomic E-state index is 0.258. The number of nitrogens with zero attached hydrogens (tertiary/aromatic N) is 1. The van der Waals surface area contributed by atoms with Crippen LogP contribution in [0.2, 0.25) is 0 Å². The summed E-state index contributed by atoms with van der Waals surface area (Å²) < 4.78 is 15.2. The molecule has 80 valence electrons. The van der Waals surface area contributed by atoms with Crippen LogP contribution in [0.1, 0.15) is 22.3 Å². The van der Waals surface area contributed by atoms with E-state index in [9.17, 15) is 4.79 Å². The summed E-state index contributed by atoms with van der Waals surface area (Å²) in [6.07, 6.45) is 1.14. The molecule has 2 heterocycles. The van der Waals surface area contributed by atoms with E-state index < -0.39 is 12.3 Å². The fourth-order valence-electron chi connectivity index (χ4n) is 1.36. The lowest BCUT2D eigenvalue weighted by atomic mass is 10.2. The molecule has 5 heteroatoms.